The summed E-state index contributed by atoms with van der Waals surface area (Å²) in [5.41, 5.74) is 5.40. The summed E-state index contributed by atoms with van der Waals surface area (Å²) in [6.45, 7) is 2.66. The van der Waals surface area contributed by atoms with Crippen molar-refractivity contribution in [3.8, 4) is 0 Å². The predicted molar refractivity (Wildman–Crippen MR) is 72.0 cm³/mol. The van der Waals surface area contributed by atoms with Gasteiger partial charge >= 0.3 is 0 Å². The van der Waals surface area contributed by atoms with Gasteiger partial charge in [0.2, 0.25) is 5.09 Å². The van der Waals surface area contributed by atoms with Gasteiger partial charge in [-0.3, -0.25) is 0 Å². The molecule has 1 aliphatic rings. The third-order valence-electron chi connectivity index (χ3n) is 3.39. The summed E-state index contributed by atoms with van der Waals surface area (Å²) < 4.78 is 31.8. The van der Waals surface area contributed by atoms with Gasteiger partial charge in [-0.25, -0.2) is 13.1 Å². The Balaban J connectivity index is 1.93. The van der Waals surface area contributed by atoms with Crippen LogP contribution in [0.2, 0.25) is 0 Å². The maximum Gasteiger partial charge on any atom is 0.273 e. The Kier molecular flexibility index (Phi) is 4.62. The Bertz CT molecular complexity index is 512. The van der Waals surface area contributed by atoms with E-state index in [0.29, 0.717) is 18.2 Å². The molecule has 0 amide bonds. The number of hydrogen-bond donors (Lipinski definition) is 2. The van der Waals surface area contributed by atoms with Crippen molar-refractivity contribution in [2.75, 3.05) is 26.7 Å². The molecule has 0 saturated carbocycles. The largest absolute Gasteiger partial charge is 0.447 e. The van der Waals surface area contributed by atoms with Crippen LogP contribution in [0.4, 0.5) is 0 Å². The Labute approximate surface area is 114 Å². The van der Waals surface area contributed by atoms with Gasteiger partial charge in [-0.2, -0.15) is 0 Å². The second-order valence-corrected chi connectivity index (χ2v) is 6.75. The normalized spacial score (nSPS) is 21.7. The van der Waals surface area contributed by atoms with E-state index in [1.54, 1.807) is 6.07 Å². The van der Waals surface area contributed by atoms with E-state index >= 15 is 0 Å². The highest BCUT2D eigenvalue weighted by Crippen LogP contribution is 2.17. The van der Waals surface area contributed by atoms with Crippen LogP contribution in [0.1, 0.15) is 18.6 Å². The molecule has 0 bridgehead atoms. The SMILES string of the molecule is CN1CCCC(CNS(=O)(=O)c2ccc(CN)o2)C1. The van der Waals surface area contributed by atoms with Crippen LogP contribution in [-0.2, 0) is 16.6 Å². The van der Waals surface area contributed by atoms with Crippen LogP contribution in [0.3, 0.4) is 0 Å². The lowest BCUT2D eigenvalue weighted by Gasteiger charge is -2.29. The van der Waals surface area contributed by atoms with Gasteiger partial charge in [-0.15, -0.1) is 0 Å². The molecule has 3 N–H and O–H groups in total. The first kappa shape index (κ1) is 14.5. The van der Waals surface area contributed by atoms with Gasteiger partial charge in [-0.05, 0) is 44.5 Å². The minimum Gasteiger partial charge on any atom is -0.447 e. The fourth-order valence-corrected chi connectivity index (χ4v) is 3.41. The van der Waals surface area contributed by atoms with Crippen molar-refractivity contribution in [3.05, 3.63) is 17.9 Å². The molecule has 1 fully saturated rings. The number of rotatable bonds is 5. The van der Waals surface area contributed by atoms with E-state index in [1.165, 1.54) is 6.07 Å². The van der Waals surface area contributed by atoms with Crippen LogP contribution in [0.25, 0.3) is 0 Å². The molecule has 0 radical (unpaired) electrons. The lowest BCUT2D eigenvalue weighted by molar-refractivity contribution is 0.211. The molecule has 1 atom stereocenters. The van der Waals surface area contributed by atoms with Gasteiger partial charge in [0.15, 0.2) is 0 Å². The second kappa shape index (κ2) is 6.04. The highest BCUT2D eigenvalue weighted by molar-refractivity contribution is 7.89. The van der Waals surface area contributed by atoms with E-state index in [2.05, 4.69) is 16.7 Å². The summed E-state index contributed by atoms with van der Waals surface area (Å²) in [4.78, 5) is 2.22. The monoisotopic (exact) mass is 287 g/mol. The number of nitrogens with two attached hydrogens (primary N) is 1. The third-order valence-corrected chi connectivity index (χ3v) is 4.68. The first-order chi connectivity index (χ1) is 9.01. The van der Waals surface area contributed by atoms with E-state index in [1.807, 2.05) is 0 Å². The molecule has 6 nitrogen and oxygen atoms in total. The average molecular weight is 287 g/mol. The van der Waals surface area contributed by atoms with Crippen LogP contribution in [-0.4, -0.2) is 40.0 Å². The first-order valence-electron chi connectivity index (χ1n) is 6.48. The maximum absolute atomic E-state index is 12.0. The number of nitrogens with zero attached hydrogens (tertiary/aromatic N) is 1. The zero-order chi connectivity index (χ0) is 13.9. The fourth-order valence-electron chi connectivity index (χ4n) is 2.35. The van der Waals surface area contributed by atoms with Crippen LogP contribution >= 0.6 is 0 Å². The Morgan fingerprint density at radius 2 is 2.32 bits per heavy atom. The number of furan rings is 1. The highest BCUT2D eigenvalue weighted by Gasteiger charge is 2.22. The van der Waals surface area contributed by atoms with Gasteiger partial charge in [0.1, 0.15) is 5.76 Å². The van der Waals surface area contributed by atoms with E-state index in [-0.39, 0.29) is 11.6 Å². The molecule has 19 heavy (non-hydrogen) atoms. The number of nitrogens with one attached hydrogen (secondary N) is 1. The Morgan fingerprint density at radius 1 is 1.53 bits per heavy atom. The number of sulfonamides is 1. The van der Waals surface area contributed by atoms with Crippen molar-refractivity contribution in [2.24, 2.45) is 11.7 Å². The molecule has 0 aromatic carbocycles. The van der Waals surface area contributed by atoms with Crippen molar-refractivity contribution in [1.29, 1.82) is 0 Å². The quantitative estimate of drug-likeness (QED) is 0.816. The van der Waals surface area contributed by atoms with Crippen molar-refractivity contribution >= 4 is 10.0 Å². The smallest absolute Gasteiger partial charge is 0.273 e. The van der Waals surface area contributed by atoms with Crippen molar-refractivity contribution in [3.63, 3.8) is 0 Å². The molecule has 7 heteroatoms. The highest BCUT2D eigenvalue weighted by atomic mass is 32.2. The summed E-state index contributed by atoms with van der Waals surface area (Å²) in [5.74, 6) is 0.829. The summed E-state index contributed by atoms with van der Waals surface area (Å²) >= 11 is 0. The van der Waals surface area contributed by atoms with Gasteiger partial charge in [0.05, 0.1) is 6.54 Å². The summed E-state index contributed by atoms with van der Waals surface area (Å²) in [6, 6.07) is 3.03. The average Bonchev–Trinajstić information content (AvgIpc) is 2.86. The van der Waals surface area contributed by atoms with Gasteiger partial charge in [0, 0.05) is 13.1 Å². The first-order valence-corrected chi connectivity index (χ1v) is 7.96. The van der Waals surface area contributed by atoms with E-state index < -0.39 is 10.0 Å². The van der Waals surface area contributed by atoms with Crippen molar-refractivity contribution in [2.45, 2.75) is 24.5 Å². The summed E-state index contributed by atoms with van der Waals surface area (Å²) in [7, 11) is -1.50. The maximum atomic E-state index is 12.0. The topological polar surface area (TPSA) is 88.6 Å². The zero-order valence-corrected chi connectivity index (χ0v) is 11.9. The minimum atomic E-state index is -3.56. The van der Waals surface area contributed by atoms with Gasteiger partial charge in [-0.1, -0.05) is 0 Å². The predicted octanol–water partition coefficient (Wildman–Crippen LogP) is 0.358. The van der Waals surface area contributed by atoms with Crippen LogP contribution in [0.5, 0.6) is 0 Å². The van der Waals surface area contributed by atoms with Crippen LogP contribution in [0.15, 0.2) is 21.6 Å². The summed E-state index contributed by atoms with van der Waals surface area (Å²) in [6.07, 6.45) is 2.17. The number of hydrogen-bond acceptors (Lipinski definition) is 5. The van der Waals surface area contributed by atoms with Gasteiger partial charge in [0.25, 0.3) is 10.0 Å². The van der Waals surface area contributed by atoms with Crippen molar-refractivity contribution in [1.82, 2.24) is 9.62 Å². The molecule has 108 valence electrons. The van der Waals surface area contributed by atoms with E-state index in [9.17, 15) is 8.42 Å². The standard InChI is InChI=1S/C12H21N3O3S/c1-15-6-2-3-10(9-15)8-14-19(16,17)12-5-4-11(7-13)18-12/h4-5,10,14H,2-3,6-9,13H2,1H3. The molecule has 1 unspecified atom stereocenters. The lowest BCUT2D eigenvalue weighted by atomic mass is 9.99. The number of likely N-dealkylation sites (tertiary alicyclic amines) is 1. The van der Waals surface area contributed by atoms with E-state index in [0.717, 1.165) is 25.9 Å². The minimum absolute atomic E-state index is 0.0582. The number of piperidine rings is 1. The molecule has 1 aromatic heterocycles. The Hall–Kier alpha value is -0.890. The molecule has 1 saturated heterocycles. The molecule has 2 heterocycles. The van der Waals surface area contributed by atoms with E-state index in [4.69, 9.17) is 10.2 Å². The molecule has 1 aromatic rings. The molecule has 1 aliphatic heterocycles. The lowest BCUT2D eigenvalue weighted by Crippen LogP contribution is -2.39. The zero-order valence-electron chi connectivity index (χ0n) is 11.1. The molecular formula is C12H21N3O3S. The fraction of sp³-hybridized carbons (Fsp3) is 0.667. The molecule has 0 aliphatic carbocycles. The Morgan fingerprint density at radius 3 is 2.95 bits per heavy atom. The van der Waals surface area contributed by atoms with Crippen LogP contribution < -0.4 is 10.5 Å². The third kappa shape index (κ3) is 3.79. The van der Waals surface area contributed by atoms with Gasteiger partial charge < -0.3 is 15.1 Å². The van der Waals surface area contributed by atoms with Crippen molar-refractivity contribution < 1.29 is 12.8 Å². The molecule has 0 spiro atoms. The molecular weight excluding hydrogens is 266 g/mol. The second-order valence-electron chi connectivity index (χ2n) is 5.05. The molecule has 2 rings (SSSR count). The van der Waals surface area contributed by atoms with Crippen LogP contribution in [0, 0.1) is 5.92 Å². The summed E-state index contributed by atoms with van der Waals surface area (Å²) in [5, 5.41) is -0.0582.